The van der Waals surface area contributed by atoms with E-state index in [2.05, 4.69) is 18.2 Å². The molecule has 0 bridgehead atoms. The summed E-state index contributed by atoms with van der Waals surface area (Å²) in [6.45, 7) is 7.85. The molecule has 1 aliphatic heterocycles. The minimum absolute atomic E-state index is 0.0646. The predicted molar refractivity (Wildman–Crippen MR) is 112 cm³/mol. The molecule has 2 aromatic carbocycles. The number of nitro benzene ring substituents is 1. The average molecular weight is 406 g/mol. The lowest BCUT2D eigenvalue weighted by Gasteiger charge is -2.11. The first-order valence-corrected chi connectivity index (χ1v) is 8.90. The fourth-order valence-corrected chi connectivity index (χ4v) is 2.56. The Labute approximate surface area is 172 Å². The van der Waals surface area contributed by atoms with Gasteiger partial charge in [-0.1, -0.05) is 31.4 Å². The summed E-state index contributed by atoms with van der Waals surface area (Å²) < 4.78 is 16.4. The Morgan fingerprint density at radius 1 is 1.03 bits per heavy atom. The second-order valence-corrected chi connectivity index (χ2v) is 6.05. The van der Waals surface area contributed by atoms with Crippen LogP contribution < -0.4 is 9.47 Å². The summed E-state index contributed by atoms with van der Waals surface area (Å²) in [5.74, 6) is 0.471. The molecule has 152 valence electrons. The molecule has 0 atom stereocenters. The van der Waals surface area contributed by atoms with Crippen molar-refractivity contribution in [2.75, 3.05) is 13.2 Å². The number of cyclic esters (lactones) is 1. The number of hydrogen-bond donors (Lipinski definition) is 0. The molecule has 0 unspecified atom stereocenters. The molecule has 8 heteroatoms. The van der Waals surface area contributed by atoms with Gasteiger partial charge in [0.05, 0.1) is 4.92 Å². The van der Waals surface area contributed by atoms with Gasteiger partial charge < -0.3 is 14.2 Å². The van der Waals surface area contributed by atoms with Crippen LogP contribution in [-0.2, 0) is 9.53 Å². The van der Waals surface area contributed by atoms with Crippen LogP contribution in [0.2, 0.25) is 0 Å². The van der Waals surface area contributed by atoms with Crippen LogP contribution in [0.25, 0.3) is 6.08 Å². The van der Waals surface area contributed by atoms with Crippen LogP contribution in [0.5, 0.6) is 11.5 Å². The fraction of sp³-hybridized carbons (Fsp3) is 0.0909. The van der Waals surface area contributed by atoms with Gasteiger partial charge in [-0.05, 0) is 35.9 Å². The van der Waals surface area contributed by atoms with Crippen molar-refractivity contribution < 1.29 is 23.9 Å². The van der Waals surface area contributed by atoms with Gasteiger partial charge in [-0.15, -0.1) is 0 Å². The lowest BCUT2D eigenvalue weighted by Crippen LogP contribution is -2.05. The second kappa shape index (κ2) is 9.33. The third-order valence-electron chi connectivity index (χ3n) is 3.93. The van der Waals surface area contributed by atoms with Gasteiger partial charge in [-0.2, -0.15) is 0 Å². The minimum Gasteiger partial charge on any atom is -0.486 e. The number of non-ortho nitro benzene ring substituents is 1. The number of nitrogens with zero attached hydrogens (tertiary/aromatic N) is 2. The van der Waals surface area contributed by atoms with E-state index in [-0.39, 0.29) is 23.9 Å². The van der Waals surface area contributed by atoms with E-state index < -0.39 is 10.9 Å². The zero-order chi connectivity index (χ0) is 21.5. The van der Waals surface area contributed by atoms with Crippen LogP contribution in [0.1, 0.15) is 11.1 Å². The maximum atomic E-state index is 12.2. The summed E-state index contributed by atoms with van der Waals surface area (Å²) in [6.07, 6.45) is 4.78. The van der Waals surface area contributed by atoms with Gasteiger partial charge in [-0.25, -0.2) is 9.79 Å². The molecule has 3 rings (SSSR count). The zero-order valence-electron chi connectivity index (χ0n) is 15.9. The van der Waals surface area contributed by atoms with Gasteiger partial charge in [0.25, 0.3) is 5.69 Å². The maximum absolute atomic E-state index is 12.2. The molecular weight excluding hydrogens is 388 g/mol. The second-order valence-electron chi connectivity index (χ2n) is 6.05. The number of rotatable bonds is 9. The summed E-state index contributed by atoms with van der Waals surface area (Å²) in [7, 11) is 0. The van der Waals surface area contributed by atoms with E-state index in [1.165, 1.54) is 24.3 Å². The van der Waals surface area contributed by atoms with Crippen molar-refractivity contribution in [3.8, 4) is 11.5 Å². The molecule has 8 nitrogen and oxygen atoms in total. The Morgan fingerprint density at radius 2 is 1.70 bits per heavy atom. The molecule has 0 radical (unpaired) electrons. The molecular formula is C22H18N2O6. The Morgan fingerprint density at radius 3 is 2.33 bits per heavy atom. The number of hydrogen-bond acceptors (Lipinski definition) is 7. The summed E-state index contributed by atoms with van der Waals surface area (Å²) >= 11 is 0. The van der Waals surface area contributed by atoms with Crippen molar-refractivity contribution in [2.45, 2.75) is 0 Å². The molecule has 0 aromatic heterocycles. The van der Waals surface area contributed by atoms with Gasteiger partial charge in [0.1, 0.15) is 13.2 Å². The monoisotopic (exact) mass is 406 g/mol. The van der Waals surface area contributed by atoms with Crippen LogP contribution in [-0.4, -0.2) is 30.0 Å². The van der Waals surface area contributed by atoms with E-state index in [0.29, 0.717) is 29.2 Å². The van der Waals surface area contributed by atoms with Gasteiger partial charge in [0.15, 0.2) is 17.2 Å². The molecule has 0 amide bonds. The van der Waals surface area contributed by atoms with Crippen molar-refractivity contribution >= 4 is 23.6 Å². The van der Waals surface area contributed by atoms with Crippen LogP contribution in [0.3, 0.4) is 0 Å². The molecule has 2 aromatic rings. The number of carbonyl (C=O) groups excluding carboxylic acids is 1. The number of benzene rings is 2. The Bertz CT molecular complexity index is 1050. The van der Waals surface area contributed by atoms with E-state index in [1.54, 1.807) is 36.4 Å². The van der Waals surface area contributed by atoms with E-state index in [9.17, 15) is 14.9 Å². The summed E-state index contributed by atoms with van der Waals surface area (Å²) in [4.78, 5) is 26.7. The van der Waals surface area contributed by atoms with E-state index >= 15 is 0 Å². The Balaban J connectivity index is 1.87. The molecule has 0 fully saturated rings. The largest absolute Gasteiger partial charge is 0.486 e. The molecule has 1 heterocycles. The Hall–Kier alpha value is -4.20. The highest BCUT2D eigenvalue weighted by Crippen LogP contribution is 2.30. The highest BCUT2D eigenvalue weighted by atomic mass is 16.6. The lowest BCUT2D eigenvalue weighted by atomic mass is 10.1. The minimum atomic E-state index is -0.621. The summed E-state index contributed by atoms with van der Waals surface area (Å²) in [6, 6.07) is 10.8. The van der Waals surface area contributed by atoms with Gasteiger partial charge in [0.2, 0.25) is 5.90 Å². The first-order chi connectivity index (χ1) is 14.5. The van der Waals surface area contributed by atoms with Crippen LogP contribution in [0.15, 0.2) is 78.5 Å². The van der Waals surface area contributed by atoms with Crippen molar-refractivity contribution in [3.63, 3.8) is 0 Å². The smallest absolute Gasteiger partial charge is 0.363 e. The molecule has 30 heavy (non-hydrogen) atoms. The lowest BCUT2D eigenvalue weighted by molar-refractivity contribution is -0.384. The van der Waals surface area contributed by atoms with Crippen molar-refractivity contribution in [1.29, 1.82) is 0 Å². The molecule has 0 spiro atoms. The zero-order valence-corrected chi connectivity index (χ0v) is 15.9. The summed E-state index contributed by atoms with van der Waals surface area (Å²) in [5, 5.41) is 10.8. The molecule has 0 N–H and O–H groups in total. The third kappa shape index (κ3) is 4.79. The molecule has 0 saturated carbocycles. The normalized spacial score (nSPS) is 14.1. The quantitative estimate of drug-likeness (QED) is 0.205. The SMILES string of the molecule is C=CCOc1ccc(/C=C2\N=C(c3ccc([N+](=O)[O-])cc3)OC2=O)cc1OCC=C. The number of carbonyl (C=O) groups is 1. The van der Waals surface area contributed by atoms with Crippen molar-refractivity contribution in [3.05, 3.63) is 94.7 Å². The van der Waals surface area contributed by atoms with E-state index in [4.69, 9.17) is 14.2 Å². The molecule has 0 aliphatic carbocycles. The third-order valence-corrected chi connectivity index (χ3v) is 3.93. The molecule has 1 aliphatic rings. The number of nitro groups is 1. The van der Waals surface area contributed by atoms with Crippen molar-refractivity contribution in [1.82, 2.24) is 0 Å². The van der Waals surface area contributed by atoms with Crippen LogP contribution in [0, 0.1) is 10.1 Å². The predicted octanol–water partition coefficient (Wildman–Crippen LogP) is 4.07. The van der Waals surface area contributed by atoms with Gasteiger partial charge >= 0.3 is 5.97 Å². The highest BCUT2D eigenvalue weighted by molar-refractivity contribution is 6.12. The standard InChI is InChI=1S/C22H18N2O6/c1-3-11-28-19-10-5-15(14-20(19)29-12-4-2)13-18-22(25)30-21(23-18)16-6-8-17(9-7-16)24(26)27/h3-10,13-14H,1-2,11-12H2/b18-13-. The summed E-state index contributed by atoms with van der Waals surface area (Å²) in [5.41, 5.74) is 1.14. The maximum Gasteiger partial charge on any atom is 0.363 e. The topological polar surface area (TPSA) is 100 Å². The molecule has 0 saturated heterocycles. The van der Waals surface area contributed by atoms with Crippen molar-refractivity contribution in [2.24, 2.45) is 4.99 Å². The highest BCUT2D eigenvalue weighted by Gasteiger charge is 2.24. The fourth-order valence-electron chi connectivity index (χ4n) is 2.56. The first kappa shape index (κ1) is 20.5. The van der Waals surface area contributed by atoms with Gasteiger partial charge in [-0.3, -0.25) is 10.1 Å². The number of esters is 1. The Kier molecular flexibility index (Phi) is 6.39. The van der Waals surface area contributed by atoms with Gasteiger partial charge in [0, 0.05) is 17.7 Å². The number of ether oxygens (including phenoxy) is 3. The van der Waals surface area contributed by atoms with E-state index in [1.807, 2.05) is 0 Å². The number of aliphatic imine (C=N–C) groups is 1. The van der Waals surface area contributed by atoms with Crippen LogP contribution >= 0.6 is 0 Å². The van der Waals surface area contributed by atoms with Crippen LogP contribution in [0.4, 0.5) is 5.69 Å². The first-order valence-electron chi connectivity index (χ1n) is 8.90. The van der Waals surface area contributed by atoms with E-state index in [0.717, 1.165) is 0 Å². The average Bonchev–Trinajstić information content (AvgIpc) is 3.11.